The van der Waals surface area contributed by atoms with E-state index in [1.54, 1.807) is 6.07 Å². The van der Waals surface area contributed by atoms with E-state index in [4.69, 9.17) is 10.3 Å². The van der Waals surface area contributed by atoms with Gasteiger partial charge >= 0.3 is 10.2 Å². The van der Waals surface area contributed by atoms with Gasteiger partial charge in [-0.2, -0.15) is 13.5 Å². The van der Waals surface area contributed by atoms with Crippen LogP contribution in [-0.4, -0.2) is 37.8 Å². The fraction of sp³-hybridized carbons (Fsp3) is 0. The van der Waals surface area contributed by atoms with Crippen LogP contribution in [-0.2, 0) is 20.2 Å². The average Bonchev–Trinajstić information content (AvgIpc) is 3.33. The Bertz CT molecular complexity index is 2000. The molecule has 0 unspecified atom stereocenters. The molecule has 2 aromatic heterocycles. The zero-order chi connectivity index (χ0) is 28.8. The highest BCUT2D eigenvalue weighted by atomic mass is 32.2. The van der Waals surface area contributed by atoms with Crippen molar-refractivity contribution in [2.45, 2.75) is 4.90 Å². The number of H-pyrrole nitrogens is 1. The lowest BCUT2D eigenvalue weighted by Crippen LogP contribution is -2.33. The molecule has 5 rings (SSSR count). The van der Waals surface area contributed by atoms with Gasteiger partial charge in [0, 0.05) is 11.8 Å². The third kappa shape index (κ3) is 4.93. The first-order valence-corrected chi connectivity index (χ1v) is 14.3. The number of benzene rings is 3. The van der Waals surface area contributed by atoms with Gasteiger partial charge in [-0.3, -0.25) is 9.89 Å². The number of nitrogens with two attached hydrogens (primary N) is 2. The van der Waals surface area contributed by atoms with E-state index in [0.717, 1.165) is 12.1 Å². The van der Waals surface area contributed by atoms with Gasteiger partial charge < -0.3 is 0 Å². The van der Waals surface area contributed by atoms with Gasteiger partial charge in [0.2, 0.25) is 15.8 Å². The van der Waals surface area contributed by atoms with Crippen LogP contribution >= 0.6 is 0 Å². The number of primary sulfonamides is 1. The van der Waals surface area contributed by atoms with Gasteiger partial charge in [-0.15, -0.1) is 0 Å². The number of hydrogen-bond acceptors (Lipinski definition) is 7. The van der Waals surface area contributed by atoms with Crippen molar-refractivity contribution in [3.63, 3.8) is 0 Å². The number of pyridine rings is 1. The van der Waals surface area contributed by atoms with Crippen LogP contribution in [0.1, 0.15) is 16.1 Å². The molecule has 5 N–H and O–H groups in total. The Balaban J connectivity index is 1.61. The molecule has 3 aromatic carbocycles. The van der Waals surface area contributed by atoms with Crippen molar-refractivity contribution in [3.8, 4) is 11.1 Å². The topological polar surface area (TPSA) is 182 Å². The molecule has 0 saturated heterocycles. The highest BCUT2D eigenvalue weighted by Crippen LogP contribution is 2.34. The first kappa shape index (κ1) is 27.0. The van der Waals surface area contributed by atoms with Crippen molar-refractivity contribution in [2.75, 3.05) is 4.31 Å². The van der Waals surface area contributed by atoms with Crippen LogP contribution < -0.4 is 14.6 Å². The molecule has 0 spiro atoms. The quantitative estimate of drug-likeness (QED) is 0.246. The van der Waals surface area contributed by atoms with Crippen molar-refractivity contribution in [3.05, 3.63) is 102 Å². The van der Waals surface area contributed by atoms with Gasteiger partial charge in [0.1, 0.15) is 11.5 Å². The molecule has 0 aliphatic rings. The highest BCUT2D eigenvalue weighted by Gasteiger charge is 2.31. The molecule has 0 radical (unpaired) electrons. The number of rotatable bonds is 7. The third-order valence-electron chi connectivity index (χ3n) is 5.91. The van der Waals surface area contributed by atoms with Gasteiger partial charge in [0.05, 0.1) is 27.2 Å². The number of carbonyl (C=O) groups is 1. The molecular weight excluding hydrogens is 566 g/mol. The SMILES string of the molecule is NS(=O)(=O)c1ccc(-c2cnc3[nH]nc(C(=O)c4c(F)ccc(N(c5ccccc5)S(N)(=O)=O)c4F)c3c2)cc1. The molecule has 15 heteroatoms. The van der Waals surface area contributed by atoms with Crippen LogP contribution in [0.3, 0.4) is 0 Å². The van der Waals surface area contributed by atoms with Gasteiger partial charge in [0.25, 0.3) is 0 Å². The number of anilines is 2. The number of hydrogen-bond donors (Lipinski definition) is 3. The van der Waals surface area contributed by atoms with E-state index in [-0.39, 0.29) is 27.3 Å². The number of fused-ring (bicyclic) bond motifs is 1. The summed E-state index contributed by atoms with van der Waals surface area (Å²) >= 11 is 0. The maximum atomic E-state index is 15.8. The Morgan fingerprint density at radius 1 is 0.875 bits per heavy atom. The summed E-state index contributed by atoms with van der Waals surface area (Å²) < 4.78 is 79.1. The summed E-state index contributed by atoms with van der Waals surface area (Å²) in [7, 11) is -8.52. The largest absolute Gasteiger partial charge is 0.303 e. The molecular formula is C25H18F2N6O5S2. The average molecular weight is 585 g/mol. The van der Waals surface area contributed by atoms with E-state index in [9.17, 15) is 26.0 Å². The lowest BCUT2D eigenvalue weighted by Gasteiger charge is -2.23. The van der Waals surface area contributed by atoms with E-state index < -0.39 is 48.9 Å². The second-order valence-corrected chi connectivity index (χ2v) is 11.4. The summed E-state index contributed by atoms with van der Waals surface area (Å²) in [6.45, 7) is 0. The summed E-state index contributed by atoms with van der Waals surface area (Å²) in [6.07, 6.45) is 1.42. The van der Waals surface area contributed by atoms with E-state index in [0.29, 0.717) is 15.4 Å². The highest BCUT2D eigenvalue weighted by molar-refractivity contribution is 7.91. The van der Waals surface area contributed by atoms with Gasteiger partial charge in [-0.05, 0) is 48.0 Å². The number of aromatic amines is 1. The van der Waals surface area contributed by atoms with Gasteiger partial charge in [-0.25, -0.2) is 36.8 Å². The summed E-state index contributed by atoms with van der Waals surface area (Å²) in [6, 6.07) is 15.9. The van der Waals surface area contributed by atoms with Crippen LogP contribution in [0.15, 0.2) is 83.9 Å². The molecule has 0 saturated carbocycles. The molecule has 5 aromatic rings. The van der Waals surface area contributed by atoms with E-state index in [1.807, 2.05) is 0 Å². The second-order valence-electron chi connectivity index (χ2n) is 8.49. The number of sulfonamides is 1. The Morgan fingerprint density at radius 3 is 2.17 bits per heavy atom. The minimum Gasteiger partial charge on any atom is -0.287 e. The molecule has 0 bridgehead atoms. The first-order valence-electron chi connectivity index (χ1n) is 11.2. The monoisotopic (exact) mass is 584 g/mol. The molecule has 11 nitrogen and oxygen atoms in total. The smallest absolute Gasteiger partial charge is 0.287 e. The summed E-state index contributed by atoms with van der Waals surface area (Å²) in [4.78, 5) is 17.5. The molecule has 0 atom stereocenters. The van der Waals surface area contributed by atoms with Gasteiger partial charge in [-0.1, -0.05) is 30.3 Å². The fourth-order valence-electron chi connectivity index (χ4n) is 4.08. The van der Waals surface area contributed by atoms with Crippen molar-refractivity contribution in [1.29, 1.82) is 0 Å². The normalized spacial score (nSPS) is 12.0. The van der Waals surface area contributed by atoms with Crippen molar-refractivity contribution < 1.29 is 30.4 Å². The molecule has 204 valence electrons. The van der Waals surface area contributed by atoms with Crippen LogP contribution in [0.4, 0.5) is 20.2 Å². The van der Waals surface area contributed by atoms with Crippen LogP contribution in [0.25, 0.3) is 22.2 Å². The predicted octanol–water partition coefficient (Wildman–Crippen LogP) is 3.12. The Labute approximate surface area is 226 Å². The Morgan fingerprint density at radius 2 is 1.55 bits per heavy atom. The van der Waals surface area contributed by atoms with Crippen molar-refractivity contribution in [2.24, 2.45) is 10.3 Å². The first-order chi connectivity index (χ1) is 18.9. The van der Waals surface area contributed by atoms with E-state index in [2.05, 4.69) is 15.2 Å². The van der Waals surface area contributed by atoms with Crippen LogP contribution in [0, 0.1) is 11.6 Å². The number of aromatic nitrogens is 3. The number of halogens is 2. The Kier molecular flexibility index (Phi) is 6.67. The maximum absolute atomic E-state index is 15.8. The Hall–Kier alpha value is -4.57. The minimum atomic E-state index is -4.60. The standard InChI is InChI=1S/C25H18F2N6O5S2/c26-19-10-11-20(33(40(29,37)38)16-4-2-1-3-5-16)22(27)21(19)24(34)23-18-12-15(13-30-25(18)32-31-23)14-6-8-17(9-7-14)39(28,35)36/h1-13H,(H2,28,35,36)(H2,29,37,38)(H,30,31,32). The minimum absolute atomic E-state index is 0.0403. The predicted molar refractivity (Wildman–Crippen MR) is 142 cm³/mol. The zero-order valence-corrected chi connectivity index (χ0v) is 21.7. The van der Waals surface area contributed by atoms with E-state index in [1.165, 1.54) is 60.8 Å². The molecule has 40 heavy (non-hydrogen) atoms. The number of para-hydroxylation sites is 1. The number of ketones is 1. The van der Waals surface area contributed by atoms with Crippen LogP contribution in [0.2, 0.25) is 0 Å². The molecule has 0 aliphatic heterocycles. The maximum Gasteiger partial charge on any atom is 0.303 e. The zero-order valence-electron chi connectivity index (χ0n) is 20.1. The van der Waals surface area contributed by atoms with Gasteiger partial charge in [0.15, 0.2) is 11.5 Å². The molecule has 2 heterocycles. The van der Waals surface area contributed by atoms with E-state index >= 15 is 4.39 Å². The molecule has 0 aliphatic carbocycles. The molecule has 0 amide bonds. The van der Waals surface area contributed by atoms with Crippen LogP contribution in [0.5, 0.6) is 0 Å². The summed E-state index contributed by atoms with van der Waals surface area (Å²) in [5, 5.41) is 17.0. The number of carbonyl (C=O) groups excluding carboxylic acids is 1. The number of nitrogens with one attached hydrogen (secondary N) is 1. The fourth-order valence-corrected chi connectivity index (χ4v) is 5.43. The van der Waals surface area contributed by atoms with Crippen molar-refractivity contribution in [1.82, 2.24) is 15.2 Å². The lowest BCUT2D eigenvalue weighted by molar-refractivity contribution is 0.102. The molecule has 0 fully saturated rings. The number of nitrogens with zero attached hydrogens (tertiary/aromatic N) is 3. The third-order valence-corrected chi connectivity index (χ3v) is 7.76. The lowest BCUT2D eigenvalue weighted by atomic mass is 10.0. The second kappa shape index (κ2) is 9.87. The summed E-state index contributed by atoms with van der Waals surface area (Å²) in [5.74, 6) is -3.91. The van der Waals surface area contributed by atoms with Crippen molar-refractivity contribution >= 4 is 48.4 Å². The summed E-state index contributed by atoms with van der Waals surface area (Å²) in [5.41, 5.74) is -1.09.